The Morgan fingerprint density at radius 3 is 2.89 bits per heavy atom. The molecule has 19 heavy (non-hydrogen) atoms. The maximum absolute atomic E-state index is 6.03. The Bertz CT molecular complexity index is 603. The van der Waals surface area contributed by atoms with Gasteiger partial charge < -0.3 is 16.8 Å². The first-order valence-electron chi connectivity index (χ1n) is 5.88. The Kier molecular flexibility index (Phi) is 4.01. The van der Waals surface area contributed by atoms with Crippen LogP contribution in [-0.4, -0.2) is 17.9 Å². The summed E-state index contributed by atoms with van der Waals surface area (Å²) in [5, 5.41) is 3.07. The average Bonchev–Trinajstić information content (AvgIpc) is 2.81. The summed E-state index contributed by atoms with van der Waals surface area (Å²) in [7, 11) is 1.83. The summed E-state index contributed by atoms with van der Waals surface area (Å²) in [6, 6.07) is 5.52. The number of nitrogens with one attached hydrogen (secondary N) is 1. The molecule has 0 aliphatic carbocycles. The van der Waals surface area contributed by atoms with Gasteiger partial charge in [0.25, 0.3) is 0 Å². The second kappa shape index (κ2) is 5.71. The van der Waals surface area contributed by atoms with Gasteiger partial charge >= 0.3 is 0 Å². The lowest BCUT2D eigenvalue weighted by atomic mass is 10.1. The number of aliphatic imine (C=N–C) groups is 1. The summed E-state index contributed by atoms with van der Waals surface area (Å²) in [5.74, 6) is 0.483. The zero-order chi connectivity index (χ0) is 13.8. The highest BCUT2D eigenvalue weighted by Gasteiger charge is 2.06. The number of benzene rings is 1. The van der Waals surface area contributed by atoms with Crippen LogP contribution >= 0.6 is 11.3 Å². The van der Waals surface area contributed by atoms with Crippen molar-refractivity contribution in [2.45, 2.75) is 13.5 Å². The van der Waals surface area contributed by atoms with E-state index in [2.05, 4.69) is 15.3 Å². The van der Waals surface area contributed by atoms with E-state index in [1.165, 1.54) is 4.88 Å². The van der Waals surface area contributed by atoms with Crippen molar-refractivity contribution in [2.75, 3.05) is 18.1 Å². The number of hydrogen-bond acceptors (Lipinski definition) is 5. The maximum atomic E-state index is 6.03. The summed E-state index contributed by atoms with van der Waals surface area (Å²) in [6.07, 6.45) is 0. The quantitative estimate of drug-likeness (QED) is 0.452. The van der Waals surface area contributed by atoms with Crippen LogP contribution in [0.1, 0.15) is 16.1 Å². The fourth-order valence-electron chi connectivity index (χ4n) is 1.72. The zero-order valence-corrected chi connectivity index (χ0v) is 11.8. The Balaban J connectivity index is 2.24. The Morgan fingerprint density at radius 1 is 1.47 bits per heavy atom. The van der Waals surface area contributed by atoms with Crippen molar-refractivity contribution in [2.24, 2.45) is 10.7 Å². The summed E-state index contributed by atoms with van der Waals surface area (Å²) in [6.45, 7) is 2.52. The van der Waals surface area contributed by atoms with Crippen molar-refractivity contribution in [3.8, 4) is 0 Å². The molecule has 2 rings (SSSR count). The third kappa shape index (κ3) is 3.03. The second-order valence-electron chi connectivity index (χ2n) is 4.11. The molecule has 1 heterocycles. The van der Waals surface area contributed by atoms with Crippen molar-refractivity contribution in [1.29, 1.82) is 0 Å². The molecule has 5 nitrogen and oxygen atoms in total. The molecule has 0 aliphatic heterocycles. The van der Waals surface area contributed by atoms with Gasteiger partial charge in [0.05, 0.1) is 17.7 Å². The van der Waals surface area contributed by atoms with Crippen molar-refractivity contribution in [3.05, 3.63) is 39.8 Å². The minimum Gasteiger partial charge on any atom is -0.399 e. The molecule has 6 heteroatoms. The summed E-state index contributed by atoms with van der Waals surface area (Å²) >= 11 is 1.61. The normalized spacial score (nSPS) is 11.6. The number of amidine groups is 1. The van der Waals surface area contributed by atoms with Crippen LogP contribution in [0, 0.1) is 6.92 Å². The summed E-state index contributed by atoms with van der Waals surface area (Å²) in [5.41, 5.74) is 17.0. The third-order valence-electron chi connectivity index (χ3n) is 2.83. The van der Waals surface area contributed by atoms with Crippen LogP contribution in [0.2, 0.25) is 0 Å². The lowest BCUT2D eigenvalue weighted by Gasteiger charge is -2.09. The number of aryl methyl sites for hydroxylation is 1. The molecular formula is C13H17N5S. The van der Waals surface area contributed by atoms with Crippen molar-refractivity contribution in [3.63, 3.8) is 0 Å². The van der Waals surface area contributed by atoms with Gasteiger partial charge in [-0.2, -0.15) is 0 Å². The lowest BCUT2D eigenvalue weighted by Crippen LogP contribution is -2.16. The average molecular weight is 275 g/mol. The van der Waals surface area contributed by atoms with E-state index in [-0.39, 0.29) is 0 Å². The SMILES string of the molecule is CNc1cc(N)ccc1C(N)=NCc1ncsc1C. The molecule has 0 bridgehead atoms. The van der Waals surface area contributed by atoms with Gasteiger partial charge in [0.15, 0.2) is 0 Å². The van der Waals surface area contributed by atoms with Gasteiger partial charge in [0.1, 0.15) is 5.84 Å². The smallest absolute Gasteiger partial charge is 0.128 e. The van der Waals surface area contributed by atoms with Crippen LogP contribution < -0.4 is 16.8 Å². The summed E-state index contributed by atoms with van der Waals surface area (Å²) < 4.78 is 0. The van der Waals surface area contributed by atoms with E-state index in [1.54, 1.807) is 11.3 Å². The molecule has 0 spiro atoms. The molecule has 0 saturated carbocycles. The topological polar surface area (TPSA) is 89.3 Å². The Labute approximate surface area is 116 Å². The van der Waals surface area contributed by atoms with E-state index in [4.69, 9.17) is 11.5 Å². The number of rotatable bonds is 4. The van der Waals surface area contributed by atoms with Crippen LogP contribution in [0.5, 0.6) is 0 Å². The molecule has 0 saturated heterocycles. The molecule has 100 valence electrons. The fraction of sp³-hybridized carbons (Fsp3) is 0.231. The number of aromatic nitrogens is 1. The number of hydrogen-bond donors (Lipinski definition) is 3. The summed E-state index contributed by atoms with van der Waals surface area (Å²) in [4.78, 5) is 9.82. The van der Waals surface area contributed by atoms with E-state index in [1.807, 2.05) is 37.7 Å². The van der Waals surface area contributed by atoms with E-state index in [9.17, 15) is 0 Å². The number of nitrogens with zero attached hydrogens (tertiary/aromatic N) is 2. The lowest BCUT2D eigenvalue weighted by molar-refractivity contribution is 0.992. The van der Waals surface area contributed by atoms with Gasteiger partial charge in [0.2, 0.25) is 0 Å². The number of nitrogens with two attached hydrogens (primary N) is 2. The van der Waals surface area contributed by atoms with Crippen LogP contribution in [0.15, 0.2) is 28.7 Å². The van der Waals surface area contributed by atoms with Crippen LogP contribution in [0.25, 0.3) is 0 Å². The minimum atomic E-state index is 0.483. The number of nitrogen functional groups attached to an aromatic ring is 1. The molecule has 0 amide bonds. The molecule has 0 fully saturated rings. The molecule has 0 unspecified atom stereocenters. The largest absolute Gasteiger partial charge is 0.399 e. The highest BCUT2D eigenvalue weighted by Crippen LogP contribution is 2.19. The van der Waals surface area contributed by atoms with Crippen LogP contribution in [0.4, 0.5) is 11.4 Å². The molecule has 0 aliphatic rings. The fourth-order valence-corrected chi connectivity index (χ4v) is 2.31. The molecule has 0 radical (unpaired) electrons. The van der Waals surface area contributed by atoms with Crippen LogP contribution in [0.3, 0.4) is 0 Å². The Morgan fingerprint density at radius 2 is 2.26 bits per heavy atom. The van der Waals surface area contributed by atoms with Gasteiger partial charge in [0, 0.05) is 28.9 Å². The highest BCUT2D eigenvalue weighted by molar-refractivity contribution is 7.09. The standard InChI is InChI=1S/C13H17N5S/c1-8-12(18-7-19-8)6-17-13(15)10-4-3-9(14)5-11(10)16-2/h3-5,7,16H,6,14H2,1-2H3,(H2,15,17). The Hall–Kier alpha value is -2.08. The van der Waals surface area contributed by atoms with Gasteiger partial charge in [-0.1, -0.05) is 0 Å². The van der Waals surface area contributed by atoms with Gasteiger partial charge in [-0.05, 0) is 25.1 Å². The monoisotopic (exact) mass is 275 g/mol. The first-order valence-corrected chi connectivity index (χ1v) is 6.76. The molecule has 0 atom stereocenters. The van der Waals surface area contributed by atoms with Gasteiger partial charge in [-0.25, -0.2) is 4.98 Å². The second-order valence-corrected chi connectivity index (χ2v) is 5.17. The number of anilines is 2. The van der Waals surface area contributed by atoms with Crippen molar-refractivity contribution in [1.82, 2.24) is 4.98 Å². The van der Waals surface area contributed by atoms with Crippen LogP contribution in [-0.2, 0) is 6.54 Å². The van der Waals surface area contributed by atoms with E-state index < -0.39 is 0 Å². The first kappa shape index (κ1) is 13.4. The highest BCUT2D eigenvalue weighted by atomic mass is 32.1. The molecule has 1 aromatic carbocycles. The van der Waals surface area contributed by atoms with Crippen molar-refractivity contribution >= 4 is 28.5 Å². The van der Waals surface area contributed by atoms with E-state index in [0.717, 1.165) is 16.9 Å². The molecule has 2 aromatic rings. The van der Waals surface area contributed by atoms with E-state index >= 15 is 0 Å². The zero-order valence-electron chi connectivity index (χ0n) is 11.0. The van der Waals surface area contributed by atoms with Crippen molar-refractivity contribution < 1.29 is 0 Å². The van der Waals surface area contributed by atoms with E-state index in [0.29, 0.717) is 18.1 Å². The van der Waals surface area contributed by atoms with Gasteiger partial charge in [-0.15, -0.1) is 11.3 Å². The third-order valence-corrected chi connectivity index (χ3v) is 3.63. The predicted octanol–water partition coefficient (Wildman–Crippen LogP) is 1.98. The van der Waals surface area contributed by atoms with Gasteiger partial charge in [-0.3, -0.25) is 4.99 Å². The maximum Gasteiger partial charge on any atom is 0.128 e. The minimum absolute atomic E-state index is 0.483. The predicted molar refractivity (Wildman–Crippen MR) is 81.7 cm³/mol. The molecule has 5 N–H and O–H groups in total. The molecule has 1 aromatic heterocycles. The molecular weight excluding hydrogens is 258 g/mol. The first-order chi connectivity index (χ1) is 9.11. The number of thiazole rings is 1.